The van der Waals surface area contributed by atoms with Gasteiger partial charge in [-0.1, -0.05) is 13.0 Å². The Balaban J connectivity index is 4.18. The Morgan fingerprint density at radius 3 is 1.85 bits per heavy atom. The van der Waals surface area contributed by atoms with Gasteiger partial charge in [0.15, 0.2) is 9.84 Å². The number of hydrogen-bond donors (Lipinski definition) is 1. The molecule has 4 nitrogen and oxygen atoms in total. The van der Waals surface area contributed by atoms with Gasteiger partial charge in [-0.2, -0.15) is 26.3 Å². The molecule has 0 aliphatic rings. The largest absolute Gasteiger partial charge is 0.478 e. The van der Waals surface area contributed by atoms with Crippen molar-refractivity contribution >= 4 is 15.8 Å². The minimum atomic E-state index is -6.54. The number of sulfone groups is 1. The molecule has 1 aromatic carbocycles. The monoisotopic (exact) mass is 424 g/mol. The van der Waals surface area contributed by atoms with Crippen molar-refractivity contribution in [1.82, 2.24) is 0 Å². The fourth-order valence-electron chi connectivity index (χ4n) is 2.45. The highest BCUT2D eigenvalue weighted by molar-refractivity contribution is 7.92. The first-order valence-corrected chi connectivity index (χ1v) is 8.92. The quantitative estimate of drug-likeness (QED) is 0.704. The topological polar surface area (TPSA) is 71.4 Å². The van der Waals surface area contributed by atoms with Gasteiger partial charge in [0.2, 0.25) is 0 Å². The van der Waals surface area contributed by atoms with E-state index in [0.717, 1.165) is 13.8 Å². The van der Waals surface area contributed by atoms with E-state index >= 15 is 0 Å². The highest BCUT2D eigenvalue weighted by Gasteiger charge is 2.74. The molecule has 0 saturated carbocycles. The molecule has 0 heterocycles. The Labute approximate surface area is 149 Å². The van der Waals surface area contributed by atoms with Crippen LogP contribution >= 0.6 is 0 Å². The molecule has 1 atom stereocenters. The molecule has 0 radical (unpaired) electrons. The van der Waals surface area contributed by atoms with Gasteiger partial charge >= 0.3 is 24.0 Å². The van der Waals surface area contributed by atoms with Crippen molar-refractivity contribution < 1.29 is 49.1 Å². The van der Waals surface area contributed by atoms with E-state index in [1.165, 1.54) is 6.92 Å². The van der Waals surface area contributed by atoms with Gasteiger partial charge < -0.3 is 5.11 Å². The zero-order chi connectivity index (χ0) is 21.6. The number of aromatic carboxylic acids is 1. The second-order valence-corrected chi connectivity index (χ2v) is 8.14. The summed E-state index contributed by atoms with van der Waals surface area (Å²) < 4.78 is 118. The van der Waals surface area contributed by atoms with Gasteiger partial charge in [-0.05, 0) is 31.9 Å². The van der Waals surface area contributed by atoms with Crippen LogP contribution in [0.5, 0.6) is 0 Å². The summed E-state index contributed by atoms with van der Waals surface area (Å²) in [6, 6.07) is 0.223. The standard InChI is InChI=1S/C15H15F7O4S/c1-4-7(2)27(25,26)11-8(3)9(12(23)24)5-6-10(11)13(16,14(17,18)19)15(20,21)22/h5-7H,4H2,1-3H3,(H,23,24). The Hall–Kier alpha value is -1.85. The highest BCUT2D eigenvalue weighted by Crippen LogP contribution is 2.55. The van der Waals surface area contributed by atoms with E-state index in [0.29, 0.717) is 6.07 Å². The van der Waals surface area contributed by atoms with Crippen molar-refractivity contribution in [2.45, 2.75) is 55.4 Å². The molecule has 1 aromatic rings. The fourth-order valence-corrected chi connectivity index (χ4v) is 4.34. The highest BCUT2D eigenvalue weighted by atomic mass is 32.2. The molecule has 0 bridgehead atoms. The maximum Gasteiger partial charge on any atom is 0.435 e. The zero-order valence-corrected chi connectivity index (χ0v) is 15.0. The summed E-state index contributed by atoms with van der Waals surface area (Å²) in [4.78, 5) is 9.55. The van der Waals surface area contributed by atoms with Crippen LogP contribution in [0.1, 0.15) is 41.8 Å². The second kappa shape index (κ2) is 6.95. The van der Waals surface area contributed by atoms with E-state index < -0.39 is 60.7 Å². The molecule has 1 rings (SSSR count). The summed E-state index contributed by atoms with van der Waals surface area (Å²) in [5.41, 5.74) is -9.97. The molecule has 27 heavy (non-hydrogen) atoms. The minimum Gasteiger partial charge on any atom is -0.478 e. The molecule has 1 N–H and O–H groups in total. The third-order valence-corrected chi connectivity index (χ3v) is 6.67. The van der Waals surface area contributed by atoms with Crippen molar-refractivity contribution in [1.29, 1.82) is 0 Å². The zero-order valence-electron chi connectivity index (χ0n) is 14.2. The Kier molecular flexibility index (Phi) is 5.97. The lowest BCUT2D eigenvalue weighted by atomic mass is 9.91. The summed E-state index contributed by atoms with van der Waals surface area (Å²) in [5.74, 6) is -1.79. The fraction of sp³-hybridized carbons (Fsp3) is 0.533. The SMILES string of the molecule is CCC(C)S(=O)(=O)c1c(C(F)(C(F)(F)F)C(F)(F)F)ccc(C(=O)O)c1C. The molecule has 1 unspecified atom stereocenters. The van der Waals surface area contributed by atoms with Crippen molar-refractivity contribution in [3.8, 4) is 0 Å². The van der Waals surface area contributed by atoms with Gasteiger partial charge in [0.1, 0.15) is 0 Å². The van der Waals surface area contributed by atoms with Gasteiger partial charge in [0.25, 0.3) is 0 Å². The molecule has 12 heteroatoms. The number of benzene rings is 1. The van der Waals surface area contributed by atoms with Crippen molar-refractivity contribution in [2.24, 2.45) is 0 Å². The molecule has 0 fully saturated rings. The molecule has 0 amide bonds. The first kappa shape index (κ1) is 23.2. The van der Waals surface area contributed by atoms with E-state index in [1.807, 2.05) is 0 Å². The minimum absolute atomic E-state index is 0.0906. The predicted molar refractivity (Wildman–Crippen MR) is 80.0 cm³/mol. The van der Waals surface area contributed by atoms with Crippen molar-refractivity contribution in [3.05, 3.63) is 28.8 Å². The molecular formula is C15H15F7O4S. The van der Waals surface area contributed by atoms with Crippen LogP contribution in [0.3, 0.4) is 0 Å². The van der Waals surface area contributed by atoms with Crippen LogP contribution in [0, 0.1) is 6.92 Å². The number of alkyl halides is 7. The predicted octanol–water partition coefficient (Wildman–Crippen LogP) is 4.55. The molecule has 0 saturated heterocycles. The van der Waals surface area contributed by atoms with Crippen LogP contribution < -0.4 is 0 Å². The van der Waals surface area contributed by atoms with Crippen LogP contribution in [-0.2, 0) is 15.5 Å². The molecule has 154 valence electrons. The summed E-state index contributed by atoms with van der Waals surface area (Å²) in [6.07, 6.45) is -13.3. The summed E-state index contributed by atoms with van der Waals surface area (Å²) in [5, 5.41) is 7.55. The third kappa shape index (κ3) is 3.63. The van der Waals surface area contributed by atoms with Crippen molar-refractivity contribution in [3.63, 3.8) is 0 Å². The Bertz CT molecular complexity index is 827. The van der Waals surface area contributed by atoms with Crippen LogP contribution in [0.2, 0.25) is 0 Å². The molecule has 0 aliphatic carbocycles. The molecular weight excluding hydrogens is 409 g/mol. The van der Waals surface area contributed by atoms with E-state index in [-0.39, 0.29) is 12.5 Å². The number of hydrogen-bond acceptors (Lipinski definition) is 3. The van der Waals surface area contributed by atoms with E-state index in [2.05, 4.69) is 0 Å². The number of carboxylic acids is 1. The summed E-state index contributed by atoms with van der Waals surface area (Å²) in [7, 11) is -4.91. The number of carboxylic acid groups (broad SMARTS) is 1. The smallest absolute Gasteiger partial charge is 0.435 e. The van der Waals surface area contributed by atoms with Gasteiger partial charge in [-0.3, -0.25) is 0 Å². The van der Waals surface area contributed by atoms with Crippen LogP contribution in [0.4, 0.5) is 30.7 Å². The van der Waals surface area contributed by atoms with Gasteiger partial charge in [0, 0.05) is 5.56 Å². The lowest BCUT2D eigenvalue weighted by Gasteiger charge is -2.32. The van der Waals surface area contributed by atoms with Gasteiger partial charge in [-0.15, -0.1) is 0 Å². The normalized spacial score (nSPS) is 14.9. The molecule has 0 aromatic heterocycles. The first-order chi connectivity index (χ1) is 11.9. The summed E-state index contributed by atoms with van der Waals surface area (Å²) >= 11 is 0. The number of halogens is 7. The van der Waals surface area contributed by atoms with E-state index in [9.17, 15) is 43.9 Å². The van der Waals surface area contributed by atoms with Crippen LogP contribution in [0.25, 0.3) is 0 Å². The third-order valence-electron chi connectivity index (χ3n) is 4.18. The maximum atomic E-state index is 14.5. The van der Waals surface area contributed by atoms with Crippen molar-refractivity contribution in [2.75, 3.05) is 0 Å². The van der Waals surface area contributed by atoms with Gasteiger partial charge in [0.05, 0.1) is 15.7 Å². The summed E-state index contributed by atoms with van der Waals surface area (Å²) in [6.45, 7) is 3.02. The van der Waals surface area contributed by atoms with E-state index in [4.69, 9.17) is 5.11 Å². The molecule has 0 spiro atoms. The van der Waals surface area contributed by atoms with Gasteiger partial charge in [-0.25, -0.2) is 17.6 Å². The van der Waals surface area contributed by atoms with Crippen LogP contribution in [0.15, 0.2) is 17.0 Å². The second-order valence-electron chi connectivity index (χ2n) is 5.84. The number of rotatable bonds is 5. The first-order valence-electron chi connectivity index (χ1n) is 7.38. The maximum absolute atomic E-state index is 14.5. The lowest BCUT2D eigenvalue weighted by Crippen LogP contribution is -2.51. The average molecular weight is 424 g/mol. The van der Waals surface area contributed by atoms with Crippen LogP contribution in [-0.4, -0.2) is 37.1 Å². The van der Waals surface area contributed by atoms with E-state index in [1.54, 1.807) is 0 Å². The Morgan fingerprint density at radius 1 is 1.07 bits per heavy atom. The number of carbonyl (C=O) groups is 1. The lowest BCUT2D eigenvalue weighted by molar-refractivity contribution is -0.349. The Morgan fingerprint density at radius 2 is 1.52 bits per heavy atom. The average Bonchev–Trinajstić information content (AvgIpc) is 2.49. The molecule has 0 aliphatic heterocycles.